The van der Waals surface area contributed by atoms with Crippen molar-refractivity contribution < 1.29 is 0 Å². The van der Waals surface area contributed by atoms with Crippen LogP contribution in [0.25, 0.3) is 0 Å². The van der Waals surface area contributed by atoms with E-state index < -0.39 is 0 Å². The molecule has 1 heteroatoms. The Morgan fingerprint density at radius 2 is 2.17 bits per heavy atom. The van der Waals surface area contributed by atoms with Gasteiger partial charge in [-0.15, -0.1) is 0 Å². The summed E-state index contributed by atoms with van der Waals surface area (Å²) in [7, 11) is 0. The molecule has 2 fully saturated rings. The molecule has 0 saturated heterocycles. The first-order valence-corrected chi connectivity index (χ1v) is 7.52. The Morgan fingerprint density at radius 3 is 2.83 bits per heavy atom. The fraction of sp³-hybridized carbons (Fsp3) is 0.647. The van der Waals surface area contributed by atoms with Crippen LogP contribution in [0.1, 0.15) is 43.2 Å². The molecule has 3 rings (SSSR count). The van der Waals surface area contributed by atoms with Crippen LogP contribution in [0.3, 0.4) is 0 Å². The van der Waals surface area contributed by atoms with Crippen molar-refractivity contribution in [3.63, 3.8) is 0 Å². The second-order valence-electron chi connectivity index (χ2n) is 6.62. The van der Waals surface area contributed by atoms with E-state index in [2.05, 4.69) is 31.2 Å². The molecule has 0 aromatic heterocycles. The summed E-state index contributed by atoms with van der Waals surface area (Å²) < 4.78 is 0. The molecule has 1 nitrogen and oxygen atoms in total. The van der Waals surface area contributed by atoms with E-state index in [9.17, 15) is 0 Å². The summed E-state index contributed by atoms with van der Waals surface area (Å²) in [5.41, 5.74) is 9.12. The van der Waals surface area contributed by atoms with Gasteiger partial charge in [0.25, 0.3) is 0 Å². The standard InChI is InChI=1S/C17H25N/c1-12-3-2-4-13(7-12)10-17(18)11-16-9-14-5-6-15(16)8-14/h2-4,7,14-17H,5-6,8-11,18H2,1H3. The van der Waals surface area contributed by atoms with E-state index in [1.54, 1.807) is 0 Å². The predicted molar refractivity (Wildman–Crippen MR) is 76.4 cm³/mol. The minimum atomic E-state index is 0.358. The average molecular weight is 243 g/mol. The molecular weight excluding hydrogens is 218 g/mol. The highest BCUT2D eigenvalue weighted by Crippen LogP contribution is 2.49. The summed E-state index contributed by atoms with van der Waals surface area (Å²) in [6.45, 7) is 2.16. The van der Waals surface area contributed by atoms with Gasteiger partial charge in [0.1, 0.15) is 0 Å². The van der Waals surface area contributed by atoms with E-state index in [0.717, 1.165) is 24.2 Å². The van der Waals surface area contributed by atoms with Crippen LogP contribution in [0.4, 0.5) is 0 Å². The lowest BCUT2D eigenvalue weighted by atomic mass is 9.83. The summed E-state index contributed by atoms with van der Waals surface area (Å²) >= 11 is 0. The Hall–Kier alpha value is -0.820. The zero-order valence-electron chi connectivity index (χ0n) is 11.4. The van der Waals surface area contributed by atoms with Crippen LogP contribution < -0.4 is 5.73 Å². The normalized spacial score (nSPS) is 31.8. The first-order chi connectivity index (χ1) is 8.70. The van der Waals surface area contributed by atoms with Crippen molar-refractivity contribution in [1.29, 1.82) is 0 Å². The Labute approximate surface area is 111 Å². The smallest absolute Gasteiger partial charge is 0.00820 e. The molecule has 2 saturated carbocycles. The zero-order chi connectivity index (χ0) is 12.5. The van der Waals surface area contributed by atoms with Gasteiger partial charge in [-0.3, -0.25) is 0 Å². The van der Waals surface area contributed by atoms with E-state index in [-0.39, 0.29) is 0 Å². The number of rotatable bonds is 4. The molecule has 0 spiro atoms. The minimum absolute atomic E-state index is 0.358. The first-order valence-electron chi connectivity index (χ1n) is 7.52. The maximum atomic E-state index is 6.37. The van der Waals surface area contributed by atoms with Gasteiger partial charge in [0, 0.05) is 6.04 Å². The number of hydrogen-bond acceptors (Lipinski definition) is 1. The lowest BCUT2D eigenvalue weighted by Gasteiger charge is -2.24. The van der Waals surface area contributed by atoms with Crippen LogP contribution in [0.15, 0.2) is 24.3 Å². The first kappa shape index (κ1) is 12.2. The van der Waals surface area contributed by atoms with Gasteiger partial charge < -0.3 is 5.73 Å². The van der Waals surface area contributed by atoms with Gasteiger partial charge in [-0.2, -0.15) is 0 Å². The third-order valence-corrected chi connectivity index (χ3v) is 5.07. The van der Waals surface area contributed by atoms with Crippen LogP contribution in [0, 0.1) is 24.7 Å². The molecular formula is C17H25N. The molecule has 2 aliphatic carbocycles. The maximum absolute atomic E-state index is 6.37. The van der Waals surface area contributed by atoms with Gasteiger partial charge in [0.15, 0.2) is 0 Å². The van der Waals surface area contributed by atoms with Crippen molar-refractivity contribution in [2.75, 3.05) is 0 Å². The number of nitrogens with two attached hydrogens (primary N) is 1. The van der Waals surface area contributed by atoms with E-state index in [1.807, 2.05) is 0 Å². The molecule has 18 heavy (non-hydrogen) atoms. The van der Waals surface area contributed by atoms with Crippen LogP contribution in [0.5, 0.6) is 0 Å². The van der Waals surface area contributed by atoms with Crippen molar-refractivity contribution in [3.8, 4) is 0 Å². The lowest BCUT2D eigenvalue weighted by Crippen LogP contribution is -2.28. The van der Waals surface area contributed by atoms with Crippen LogP contribution >= 0.6 is 0 Å². The molecule has 2 N–H and O–H groups in total. The number of fused-ring (bicyclic) bond motifs is 2. The molecule has 1 aromatic carbocycles. The number of benzene rings is 1. The highest BCUT2D eigenvalue weighted by molar-refractivity contribution is 5.22. The largest absolute Gasteiger partial charge is 0.327 e. The topological polar surface area (TPSA) is 26.0 Å². The van der Waals surface area contributed by atoms with Gasteiger partial charge in [-0.25, -0.2) is 0 Å². The van der Waals surface area contributed by atoms with Gasteiger partial charge in [0.05, 0.1) is 0 Å². The average Bonchev–Trinajstić information content (AvgIpc) is 2.90. The van der Waals surface area contributed by atoms with Gasteiger partial charge in [-0.05, 0) is 62.3 Å². The summed E-state index contributed by atoms with van der Waals surface area (Å²) in [6, 6.07) is 9.16. The third-order valence-electron chi connectivity index (χ3n) is 5.07. The van der Waals surface area contributed by atoms with Gasteiger partial charge in [-0.1, -0.05) is 36.2 Å². The highest BCUT2D eigenvalue weighted by Gasteiger charge is 2.39. The second-order valence-corrected chi connectivity index (χ2v) is 6.62. The minimum Gasteiger partial charge on any atom is -0.327 e. The highest BCUT2D eigenvalue weighted by atomic mass is 14.6. The summed E-state index contributed by atoms with van der Waals surface area (Å²) in [5, 5.41) is 0. The van der Waals surface area contributed by atoms with Crippen molar-refractivity contribution in [2.24, 2.45) is 23.5 Å². The van der Waals surface area contributed by atoms with Crippen LogP contribution in [-0.4, -0.2) is 6.04 Å². The second kappa shape index (κ2) is 5.05. The Morgan fingerprint density at radius 1 is 1.28 bits per heavy atom. The van der Waals surface area contributed by atoms with Crippen LogP contribution in [0.2, 0.25) is 0 Å². The summed E-state index contributed by atoms with van der Waals surface area (Å²) in [5.74, 6) is 2.99. The lowest BCUT2D eigenvalue weighted by molar-refractivity contribution is 0.294. The summed E-state index contributed by atoms with van der Waals surface area (Å²) in [4.78, 5) is 0. The molecule has 0 aliphatic heterocycles. The predicted octanol–water partition coefficient (Wildman–Crippen LogP) is 3.69. The van der Waals surface area contributed by atoms with Gasteiger partial charge >= 0.3 is 0 Å². The number of aryl methyl sites for hydroxylation is 1. The molecule has 0 amide bonds. The Bertz CT molecular complexity index is 412. The SMILES string of the molecule is Cc1cccc(CC(N)CC2CC3CCC2C3)c1. The Kier molecular flexibility index (Phi) is 3.43. The van der Waals surface area contributed by atoms with Crippen molar-refractivity contribution >= 4 is 0 Å². The maximum Gasteiger partial charge on any atom is 0.00820 e. The molecule has 2 aliphatic rings. The van der Waals surface area contributed by atoms with E-state index in [4.69, 9.17) is 5.73 Å². The third kappa shape index (κ3) is 2.61. The molecule has 0 heterocycles. The summed E-state index contributed by atoms with van der Waals surface area (Å²) in [6.07, 6.45) is 8.24. The van der Waals surface area contributed by atoms with Crippen molar-refractivity contribution in [2.45, 2.75) is 51.5 Å². The fourth-order valence-electron chi connectivity index (χ4n) is 4.28. The van der Waals surface area contributed by atoms with Gasteiger partial charge in [0.2, 0.25) is 0 Å². The Balaban J connectivity index is 1.54. The molecule has 4 unspecified atom stereocenters. The zero-order valence-corrected chi connectivity index (χ0v) is 11.4. The van der Waals surface area contributed by atoms with E-state index in [0.29, 0.717) is 6.04 Å². The van der Waals surface area contributed by atoms with E-state index >= 15 is 0 Å². The fourth-order valence-corrected chi connectivity index (χ4v) is 4.28. The molecule has 4 atom stereocenters. The van der Waals surface area contributed by atoms with Crippen molar-refractivity contribution in [1.82, 2.24) is 0 Å². The van der Waals surface area contributed by atoms with Crippen molar-refractivity contribution in [3.05, 3.63) is 35.4 Å². The molecule has 1 aromatic rings. The number of hydrogen-bond donors (Lipinski definition) is 1. The molecule has 2 bridgehead atoms. The van der Waals surface area contributed by atoms with E-state index in [1.165, 1.54) is 43.2 Å². The quantitative estimate of drug-likeness (QED) is 0.857. The monoisotopic (exact) mass is 243 g/mol. The van der Waals surface area contributed by atoms with Crippen LogP contribution in [-0.2, 0) is 6.42 Å². The molecule has 0 radical (unpaired) electrons. The molecule has 98 valence electrons.